The van der Waals surface area contributed by atoms with Gasteiger partial charge in [0.1, 0.15) is 0 Å². The second kappa shape index (κ2) is 8.73. The van der Waals surface area contributed by atoms with Crippen molar-refractivity contribution in [1.29, 1.82) is 0 Å². The van der Waals surface area contributed by atoms with E-state index in [9.17, 15) is 9.90 Å². The standard InChI is InChI=1S/C17H33N3O2/c1-13-6-5-9-20(10-13)11-14(2)18-17(22)19-16-8-4-3-7-15(16)12-21/h13-16,21H,3-12H2,1-2H3,(H2,18,19,22). The molecule has 0 radical (unpaired) electrons. The van der Waals surface area contributed by atoms with Crippen molar-refractivity contribution >= 4 is 6.03 Å². The minimum absolute atomic E-state index is 0.0806. The number of carbonyl (C=O) groups excluding carboxylic acids is 1. The second-order valence-electron chi connectivity index (χ2n) is 7.36. The zero-order valence-electron chi connectivity index (χ0n) is 14.2. The molecule has 22 heavy (non-hydrogen) atoms. The van der Waals surface area contributed by atoms with Gasteiger partial charge in [-0.15, -0.1) is 0 Å². The van der Waals surface area contributed by atoms with Crippen LogP contribution >= 0.6 is 0 Å². The smallest absolute Gasteiger partial charge is 0.315 e. The third-order valence-corrected chi connectivity index (χ3v) is 5.11. The average Bonchev–Trinajstić information content (AvgIpc) is 2.47. The number of hydrogen-bond acceptors (Lipinski definition) is 3. The summed E-state index contributed by atoms with van der Waals surface area (Å²) in [5.41, 5.74) is 0. The van der Waals surface area contributed by atoms with E-state index in [1.54, 1.807) is 0 Å². The maximum atomic E-state index is 12.2. The molecule has 0 bridgehead atoms. The lowest BCUT2D eigenvalue weighted by Gasteiger charge is -2.34. The first-order chi connectivity index (χ1) is 10.6. The van der Waals surface area contributed by atoms with Gasteiger partial charge in [-0.2, -0.15) is 0 Å². The number of piperidine rings is 1. The molecule has 0 spiro atoms. The number of nitrogens with one attached hydrogen (secondary N) is 2. The van der Waals surface area contributed by atoms with Crippen LogP contribution in [-0.2, 0) is 0 Å². The zero-order valence-corrected chi connectivity index (χ0v) is 14.2. The summed E-state index contributed by atoms with van der Waals surface area (Å²) in [5.74, 6) is 0.986. The Morgan fingerprint density at radius 2 is 2.05 bits per heavy atom. The largest absolute Gasteiger partial charge is 0.396 e. The molecule has 1 aliphatic carbocycles. The van der Waals surface area contributed by atoms with Gasteiger partial charge >= 0.3 is 6.03 Å². The summed E-state index contributed by atoms with van der Waals surface area (Å²) in [7, 11) is 0. The first-order valence-corrected chi connectivity index (χ1v) is 8.98. The summed E-state index contributed by atoms with van der Waals surface area (Å²) < 4.78 is 0. The van der Waals surface area contributed by atoms with Crippen molar-refractivity contribution in [3.05, 3.63) is 0 Å². The van der Waals surface area contributed by atoms with Crippen LogP contribution < -0.4 is 10.6 Å². The lowest BCUT2D eigenvalue weighted by molar-refractivity contribution is 0.150. The number of likely N-dealkylation sites (tertiary alicyclic amines) is 1. The van der Waals surface area contributed by atoms with Crippen molar-refractivity contribution in [2.75, 3.05) is 26.2 Å². The molecule has 1 heterocycles. The first kappa shape index (κ1) is 17.5. The highest BCUT2D eigenvalue weighted by atomic mass is 16.3. The highest BCUT2D eigenvalue weighted by Crippen LogP contribution is 2.23. The minimum atomic E-state index is -0.0806. The van der Waals surface area contributed by atoms with Crippen LogP contribution in [0.3, 0.4) is 0 Å². The Bertz CT molecular complexity index is 351. The van der Waals surface area contributed by atoms with Gasteiger partial charge in [0.15, 0.2) is 0 Å². The molecule has 4 unspecified atom stereocenters. The number of amides is 2. The van der Waals surface area contributed by atoms with Crippen LogP contribution in [0.1, 0.15) is 52.4 Å². The molecule has 0 aromatic rings. The Balaban J connectivity index is 1.71. The summed E-state index contributed by atoms with van der Waals surface area (Å²) in [6.07, 6.45) is 6.89. The molecular weight excluding hydrogens is 278 g/mol. The lowest BCUT2D eigenvalue weighted by atomic mass is 9.85. The van der Waals surface area contributed by atoms with E-state index >= 15 is 0 Å². The van der Waals surface area contributed by atoms with Crippen LogP contribution in [0.4, 0.5) is 4.79 Å². The van der Waals surface area contributed by atoms with Crippen LogP contribution in [0.5, 0.6) is 0 Å². The van der Waals surface area contributed by atoms with Crippen LogP contribution in [0.15, 0.2) is 0 Å². The van der Waals surface area contributed by atoms with Gasteiger partial charge in [0, 0.05) is 37.7 Å². The summed E-state index contributed by atoms with van der Waals surface area (Å²) >= 11 is 0. The Hall–Kier alpha value is -0.810. The first-order valence-electron chi connectivity index (χ1n) is 8.98. The normalized spacial score (nSPS) is 31.5. The minimum Gasteiger partial charge on any atom is -0.396 e. The molecule has 1 aliphatic heterocycles. The number of aliphatic hydroxyl groups excluding tert-OH is 1. The molecular formula is C17H33N3O2. The SMILES string of the molecule is CC1CCCN(CC(C)NC(=O)NC2CCCCC2CO)C1. The number of rotatable bonds is 5. The Kier molecular flexibility index (Phi) is 6.96. The molecule has 3 N–H and O–H groups in total. The van der Waals surface area contributed by atoms with Crippen molar-refractivity contribution in [2.24, 2.45) is 11.8 Å². The Morgan fingerprint density at radius 3 is 2.77 bits per heavy atom. The summed E-state index contributed by atoms with van der Waals surface area (Å²) in [4.78, 5) is 14.6. The maximum absolute atomic E-state index is 12.2. The molecule has 0 aromatic carbocycles. The second-order valence-corrected chi connectivity index (χ2v) is 7.36. The lowest BCUT2D eigenvalue weighted by Crippen LogP contribution is -2.52. The van der Waals surface area contributed by atoms with Crippen molar-refractivity contribution in [3.63, 3.8) is 0 Å². The van der Waals surface area contributed by atoms with Gasteiger partial charge in [-0.05, 0) is 45.1 Å². The van der Waals surface area contributed by atoms with Gasteiger partial charge < -0.3 is 20.6 Å². The van der Waals surface area contributed by atoms with E-state index in [2.05, 4.69) is 29.4 Å². The van der Waals surface area contributed by atoms with E-state index < -0.39 is 0 Å². The third kappa shape index (κ3) is 5.43. The molecule has 128 valence electrons. The molecule has 1 saturated heterocycles. The molecule has 2 aliphatic rings. The van der Waals surface area contributed by atoms with Crippen LogP contribution in [0.2, 0.25) is 0 Å². The Labute approximate surface area is 134 Å². The molecule has 2 amide bonds. The van der Waals surface area contributed by atoms with Gasteiger partial charge in [-0.1, -0.05) is 19.8 Å². The fraction of sp³-hybridized carbons (Fsp3) is 0.941. The summed E-state index contributed by atoms with van der Waals surface area (Å²) in [6.45, 7) is 7.76. The molecule has 5 heteroatoms. The summed E-state index contributed by atoms with van der Waals surface area (Å²) in [5, 5.41) is 15.5. The van der Waals surface area contributed by atoms with Gasteiger partial charge in [0.2, 0.25) is 0 Å². The highest BCUT2D eigenvalue weighted by molar-refractivity contribution is 5.74. The molecule has 0 aromatic heterocycles. The molecule has 5 nitrogen and oxygen atoms in total. The van der Waals surface area contributed by atoms with Crippen LogP contribution in [0, 0.1) is 11.8 Å². The predicted molar refractivity (Wildman–Crippen MR) is 88.8 cm³/mol. The fourth-order valence-corrected chi connectivity index (χ4v) is 3.94. The van der Waals surface area contributed by atoms with Gasteiger partial charge in [0.05, 0.1) is 0 Å². The van der Waals surface area contributed by atoms with Gasteiger partial charge in [-0.3, -0.25) is 0 Å². The van der Waals surface area contributed by atoms with E-state index in [4.69, 9.17) is 0 Å². The number of hydrogen-bond donors (Lipinski definition) is 3. The van der Waals surface area contributed by atoms with Crippen molar-refractivity contribution in [2.45, 2.75) is 64.5 Å². The monoisotopic (exact) mass is 311 g/mol. The van der Waals surface area contributed by atoms with Crippen LogP contribution in [-0.4, -0.2) is 54.4 Å². The summed E-state index contributed by atoms with van der Waals surface area (Å²) in [6, 6.07) is 0.199. The number of aliphatic hydroxyl groups is 1. The van der Waals surface area contributed by atoms with E-state index in [0.717, 1.165) is 51.2 Å². The third-order valence-electron chi connectivity index (χ3n) is 5.11. The molecule has 2 rings (SSSR count). The number of urea groups is 1. The molecule has 1 saturated carbocycles. The predicted octanol–water partition coefficient (Wildman–Crippen LogP) is 1.96. The quantitative estimate of drug-likeness (QED) is 0.727. The average molecular weight is 311 g/mol. The maximum Gasteiger partial charge on any atom is 0.315 e. The molecule has 2 fully saturated rings. The van der Waals surface area contributed by atoms with Crippen molar-refractivity contribution < 1.29 is 9.90 Å². The zero-order chi connectivity index (χ0) is 15.9. The van der Waals surface area contributed by atoms with Crippen LogP contribution in [0.25, 0.3) is 0 Å². The van der Waals surface area contributed by atoms with Crippen molar-refractivity contribution in [1.82, 2.24) is 15.5 Å². The van der Waals surface area contributed by atoms with Gasteiger partial charge in [-0.25, -0.2) is 4.79 Å². The molecule has 4 atom stereocenters. The fourth-order valence-electron chi connectivity index (χ4n) is 3.94. The Morgan fingerprint density at radius 1 is 1.27 bits per heavy atom. The number of carbonyl (C=O) groups is 1. The van der Waals surface area contributed by atoms with E-state index in [1.165, 1.54) is 12.8 Å². The highest BCUT2D eigenvalue weighted by Gasteiger charge is 2.26. The van der Waals surface area contributed by atoms with E-state index in [1.807, 2.05) is 0 Å². The van der Waals surface area contributed by atoms with E-state index in [0.29, 0.717) is 0 Å². The van der Waals surface area contributed by atoms with Gasteiger partial charge in [0.25, 0.3) is 0 Å². The van der Waals surface area contributed by atoms with Crippen molar-refractivity contribution in [3.8, 4) is 0 Å². The topological polar surface area (TPSA) is 64.6 Å². The number of nitrogens with zero attached hydrogens (tertiary/aromatic N) is 1. The van der Waals surface area contributed by atoms with E-state index in [-0.39, 0.29) is 30.6 Å².